The van der Waals surface area contributed by atoms with Crippen LogP contribution in [-0.2, 0) is 4.79 Å². The van der Waals surface area contributed by atoms with Crippen LogP contribution < -0.4 is 5.32 Å². The number of aromatic hydroxyl groups is 1. The van der Waals surface area contributed by atoms with Gasteiger partial charge in [0, 0.05) is 19.2 Å². The Labute approximate surface area is 114 Å². The number of para-hydroxylation sites is 1. The van der Waals surface area contributed by atoms with Crippen LogP contribution in [-0.4, -0.2) is 36.1 Å². The molecule has 1 heterocycles. The number of benzene rings is 1. The van der Waals surface area contributed by atoms with Crippen LogP contribution in [0.15, 0.2) is 24.3 Å². The van der Waals surface area contributed by atoms with E-state index in [2.05, 4.69) is 5.32 Å². The first kappa shape index (κ1) is 13.9. The number of phenols is 1. The molecule has 4 heteroatoms. The van der Waals surface area contributed by atoms with Gasteiger partial charge in [-0.05, 0) is 32.4 Å². The molecule has 1 aliphatic heterocycles. The highest BCUT2D eigenvalue weighted by atomic mass is 16.3. The van der Waals surface area contributed by atoms with Gasteiger partial charge in [0.2, 0.25) is 5.91 Å². The zero-order valence-electron chi connectivity index (χ0n) is 11.6. The molecule has 1 amide bonds. The molecule has 2 N–H and O–H groups in total. The molecular formula is C15H22N2O2. The number of carbonyl (C=O) groups is 1. The van der Waals surface area contributed by atoms with Gasteiger partial charge in [0.05, 0.1) is 12.0 Å². The normalized spacial score (nSPS) is 20.8. The Bertz CT molecular complexity index is 442. The van der Waals surface area contributed by atoms with Crippen molar-refractivity contribution in [1.82, 2.24) is 10.2 Å². The van der Waals surface area contributed by atoms with Crippen molar-refractivity contribution in [3.05, 3.63) is 29.8 Å². The van der Waals surface area contributed by atoms with Crippen LogP contribution in [0.5, 0.6) is 5.75 Å². The van der Waals surface area contributed by atoms with Gasteiger partial charge in [0.25, 0.3) is 0 Å². The molecule has 0 spiro atoms. The first-order valence-electron chi connectivity index (χ1n) is 6.86. The second-order valence-electron chi connectivity index (χ2n) is 5.23. The predicted octanol–water partition coefficient (Wildman–Crippen LogP) is 1.91. The topological polar surface area (TPSA) is 52.6 Å². The third-order valence-corrected chi connectivity index (χ3v) is 3.96. The number of nitrogens with zero attached hydrogens (tertiary/aromatic N) is 1. The lowest BCUT2D eigenvalue weighted by Gasteiger charge is -2.31. The highest BCUT2D eigenvalue weighted by Gasteiger charge is 2.27. The van der Waals surface area contributed by atoms with Gasteiger partial charge in [0.1, 0.15) is 5.75 Å². The molecule has 4 nitrogen and oxygen atoms in total. The van der Waals surface area contributed by atoms with E-state index in [1.807, 2.05) is 26.1 Å². The second-order valence-corrected chi connectivity index (χ2v) is 5.23. The van der Waals surface area contributed by atoms with Gasteiger partial charge in [-0.15, -0.1) is 0 Å². The van der Waals surface area contributed by atoms with Crippen LogP contribution >= 0.6 is 0 Å². The van der Waals surface area contributed by atoms with Crippen molar-refractivity contribution in [1.29, 1.82) is 0 Å². The average Bonchev–Trinajstić information content (AvgIpc) is 2.46. The molecule has 2 rings (SSSR count). The minimum absolute atomic E-state index is 0.0621. The van der Waals surface area contributed by atoms with E-state index in [-0.39, 0.29) is 23.6 Å². The fourth-order valence-electron chi connectivity index (χ4n) is 2.59. The van der Waals surface area contributed by atoms with Crippen LogP contribution in [0.4, 0.5) is 0 Å². The van der Waals surface area contributed by atoms with Crippen LogP contribution in [0.2, 0.25) is 0 Å². The van der Waals surface area contributed by atoms with E-state index >= 15 is 0 Å². The van der Waals surface area contributed by atoms with Crippen LogP contribution in [0.25, 0.3) is 0 Å². The molecule has 0 aromatic heterocycles. The minimum atomic E-state index is -0.115. The van der Waals surface area contributed by atoms with Crippen molar-refractivity contribution in [3.8, 4) is 5.75 Å². The molecule has 2 unspecified atom stereocenters. The van der Waals surface area contributed by atoms with E-state index < -0.39 is 0 Å². The monoisotopic (exact) mass is 262 g/mol. The van der Waals surface area contributed by atoms with E-state index in [4.69, 9.17) is 0 Å². The molecule has 1 aliphatic rings. The Hall–Kier alpha value is -1.55. The number of amides is 1. The molecule has 0 saturated carbocycles. The Morgan fingerprint density at radius 1 is 1.47 bits per heavy atom. The third-order valence-electron chi connectivity index (χ3n) is 3.96. The fraction of sp³-hybridized carbons (Fsp3) is 0.533. The summed E-state index contributed by atoms with van der Waals surface area (Å²) in [7, 11) is 1.81. The lowest BCUT2D eigenvalue weighted by Crippen LogP contribution is -2.42. The summed E-state index contributed by atoms with van der Waals surface area (Å²) in [6.07, 6.45) is 2.00. The summed E-state index contributed by atoms with van der Waals surface area (Å²) >= 11 is 0. The molecule has 0 bridgehead atoms. The molecule has 0 radical (unpaired) electrons. The number of hydrogen-bond donors (Lipinski definition) is 2. The van der Waals surface area contributed by atoms with Gasteiger partial charge in [-0.25, -0.2) is 0 Å². The number of piperidine rings is 1. The molecule has 1 fully saturated rings. The van der Waals surface area contributed by atoms with Crippen molar-refractivity contribution < 1.29 is 9.90 Å². The summed E-state index contributed by atoms with van der Waals surface area (Å²) in [6, 6.07) is 7.08. The van der Waals surface area contributed by atoms with Crippen molar-refractivity contribution in [2.45, 2.75) is 25.8 Å². The van der Waals surface area contributed by atoms with Gasteiger partial charge in [0.15, 0.2) is 0 Å². The lowest BCUT2D eigenvalue weighted by molar-refractivity contribution is -0.136. The highest BCUT2D eigenvalue weighted by molar-refractivity contribution is 5.79. The Morgan fingerprint density at radius 3 is 2.84 bits per heavy atom. The molecule has 0 aliphatic carbocycles. The van der Waals surface area contributed by atoms with Crippen LogP contribution in [0.3, 0.4) is 0 Å². The Kier molecular flexibility index (Phi) is 4.43. The second kappa shape index (κ2) is 6.06. The van der Waals surface area contributed by atoms with Gasteiger partial charge in [-0.1, -0.05) is 18.2 Å². The van der Waals surface area contributed by atoms with E-state index in [1.165, 1.54) is 0 Å². The molecule has 1 aromatic rings. The summed E-state index contributed by atoms with van der Waals surface area (Å²) in [4.78, 5) is 14.2. The molecule has 1 saturated heterocycles. The molecule has 19 heavy (non-hydrogen) atoms. The minimum Gasteiger partial charge on any atom is -0.508 e. The first-order chi connectivity index (χ1) is 9.11. The average molecular weight is 262 g/mol. The highest BCUT2D eigenvalue weighted by Crippen LogP contribution is 2.28. The van der Waals surface area contributed by atoms with Gasteiger partial charge in [-0.2, -0.15) is 0 Å². The van der Waals surface area contributed by atoms with E-state index in [0.717, 1.165) is 31.5 Å². The van der Waals surface area contributed by atoms with Crippen LogP contribution in [0, 0.1) is 5.92 Å². The summed E-state index contributed by atoms with van der Waals surface area (Å²) in [5.74, 6) is 0.464. The van der Waals surface area contributed by atoms with Crippen molar-refractivity contribution in [3.63, 3.8) is 0 Å². The third kappa shape index (κ3) is 3.07. The van der Waals surface area contributed by atoms with Crippen molar-refractivity contribution in [2.24, 2.45) is 5.92 Å². The standard InChI is InChI=1S/C15H22N2O2/c1-11(13-7-3-4-8-14(13)18)17(2)15(19)12-6-5-9-16-10-12/h3-4,7-8,11-12,16,18H,5-6,9-10H2,1-2H3. The van der Waals surface area contributed by atoms with Crippen molar-refractivity contribution >= 4 is 5.91 Å². The van der Waals surface area contributed by atoms with E-state index in [1.54, 1.807) is 17.0 Å². The van der Waals surface area contributed by atoms with E-state index in [0.29, 0.717) is 0 Å². The van der Waals surface area contributed by atoms with Gasteiger partial charge < -0.3 is 15.3 Å². The maximum atomic E-state index is 12.4. The maximum absolute atomic E-state index is 12.4. The zero-order valence-corrected chi connectivity index (χ0v) is 11.6. The summed E-state index contributed by atoms with van der Waals surface area (Å²) in [5.41, 5.74) is 0.794. The summed E-state index contributed by atoms with van der Waals surface area (Å²) in [6.45, 7) is 3.71. The predicted molar refractivity (Wildman–Crippen MR) is 74.9 cm³/mol. The Morgan fingerprint density at radius 2 is 2.21 bits per heavy atom. The smallest absolute Gasteiger partial charge is 0.227 e. The molecule has 2 atom stereocenters. The first-order valence-corrected chi connectivity index (χ1v) is 6.86. The van der Waals surface area contributed by atoms with Crippen LogP contribution in [0.1, 0.15) is 31.4 Å². The van der Waals surface area contributed by atoms with Gasteiger partial charge >= 0.3 is 0 Å². The number of rotatable bonds is 3. The Balaban J connectivity index is 2.08. The molecule has 1 aromatic carbocycles. The SMILES string of the molecule is CC(c1ccccc1O)N(C)C(=O)C1CCCNC1. The van der Waals surface area contributed by atoms with E-state index in [9.17, 15) is 9.90 Å². The summed E-state index contributed by atoms with van der Waals surface area (Å²) in [5, 5.41) is 13.1. The zero-order chi connectivity index (χ0) is 13.8. The largest absolute Gasteiger partial charge is 0.508 e. The summed E-state index contributed by atoms with van der Waals surface area (Å²) < 4.78 is 0. The molecular weight excluding hydrogens is 240 g/mol. The number of phenolic OH excluding ortho intramolecular Hbond substituents is 1. The van der Waals surface area contributed by atoms with Crippen molar-refractivity contribution in [2.75, 3.05) is 20.1 Å². The van der Waals surface area contributed by atoms with Gasteiger partial charge in [-0.3, -0.25) is 4.79 Å². The fourth-order valence-corrected chi connectivity index (χ4v) is 2.59. The maximum Gasteiger partial charge on any atom is 0.227 e. The number of hydrogen-bond acceptors (Lipinski definition) is 3. The lowest BCUT2D eigenvalue weighted by atomic mass is 9.96. The molecule has 104 valence electrons. The number of nitrogens with one attached hydrogen (secondary N) is 1. The quantitative estimate of drug-likeness (QED) is 0.875. The number of carbonyl (C=O) groups excluding carboxylic acids is 1.